The number of carbonyl (C=O) groups excluding carboxylic acids is 1. The molecule has 66 valence electrons. The van der Waals surface area contributed by atoms with Crippen LogP contribution in [-0.4, -0.2) is 25.2 Å². The van der Waals surface area contributed by atoms with E-state index in [1.807, 2.05) is 0 Å². The average Bonchev–Trinajstić information content (AvgIpc) is 2.60. The molecule has 4 heteroatoms. The molecule has 0 radical (unpaired) electrons. The van der Waals surface area contributed by atoms with Gasteiger partial charge in [-0.25, -0.2) is 4.79 Å². The number of methoxy groups -OCH3 is 1. The first-order valence-electron chi connectivity index (χ1n) is 4.27. The Labute approximate surface area is 71.0 Å². The van der Waals surface area contributed by atoms with Crippen molar-refractivity contribution in [2.24, 2.45) is 16.1 Å². The topological polar surface area (TPSA) is 51.0 Å². The Hall–Kier alpha value is -0.930. The maximum Gasteiger partial charge on any atom is 0.336 e. The van der Waals surface area contributed by atoms with Crippen molar-refractivity contribution < 1.29 is 9.53 Å². The highest BCUT2D eigenvalue weighted by Gasteiger charge is 2.53. The molecule has 1 heterocycles. The Kier molecular flexibility index (Phi) is 1.63. The average molecular weight is 168 g/mol. The van der Waals surface area contributed by atoms with E-state index >= 15 is 0 Å². The maximum absolute atomic E-state index is 11.4. The number of ether oxygens (including phenoxy) is 1. The molecule has 0 aromatic carbocycles. The second-order valence-corrected chi connectivity index (χ2v) is 3.43. The lowest BCUT2D eigenvalue weighted by Crippen LogP contribution is -2.39. The van der Waals surface area contributed by atoms with Crippen LogP contribution in [-0.2, 0) is 9.53 Å². The van der Waals surface area contributed by atoms with Crippen LogP contribution in [0.3, 0.4) is 0 Å². The zero-order valence-corrected chi connectivity index (χ0v) is 7.12. The minimum absolute atomic E-state index is 0.203. The van der Waals surface area contributed by atoms with E-state index in [0.29, 0.717) is 12.5 Å². The molecule has 0 aromatic heterocycles. The highest BCUT2D eigenvalue weighted by molar-refractivity contribution is 5.82. The van der Waals surface area contributed by atoms with Gasteiger partial charge in [0.2, 0.25) is 0 Å². The third-order valence-electron chi connectivity index (χ3n) is 2.88. The smallest absolute Gasteiger partial charge is 0.336 e. The van der Waals surface area contributed by atoms with Crippen molar-refractivity contribution in [3.8, 4) is 0 Å². The van der Waals surface area contributed by atoms with Gasteiger partial charge < -0.3 is 4.74 Å². The molecular weight excluding hydrogens is 156 g/mol. The maximum atomic E-state index is 11.4. The molecular formula is C8H12N2O2. The summed E-state index contributed by atoms with van der Waals surface area (Å²) in [4.78, 5) is 11.4. The second-order valence-electron chi connectivity index (χ2n) is 3.43. The van der Waals surface area contributed by atoms with Crippen LogP contribution < -0.4 is 0 Å². The van der Waals surface area contributed by atoms with Gasteiger partial charge in [-0.3, -0.25) is 0 Å². The molecule has 0 amide bonds. The Morgan fingerprint density at radius 2 is 2.50 bits per heavy atom. The van der Waals surface area contributed by atoms with E-state index < -0.39 is 5.54 Å². The highest BCUT2D eigenvalue weighted by Crippen LogP contribution is 2.43. The zero-order chi connectivity index (χ0) is 8.60. The van der Waals surface area contributed by atoms with Crippen LogP contribution >= 0.6 is 0 Å². The molecule has 1 fully saturated rings. The summed E-state index contributed by atoms with van der Waals surface area (Å²) in [5.74, 6) is 0.108. The quantitative estimate of drug-likeness (QED) is 0.552. The van der Waals surface area contributed by atoms with E-state index in [1.54, 1.807) is 0 Å². The lowest BCUT2D eigenvalue weighted by molar-refractivity contribution is -0.147. The second kappa shape index (κ2) is 2.54. The van der Waals surface area contributed by atoms with E-state index in [-0.39, 0.29) is 5.97 Å². The number of hydrogen-bond donors (Lipinski definition) is 0. The molecule has 2 aliphatic rings. The molecule has 0 aromatic rings. The van der Waals surface area contributed by atoms with Crippen molar-refractivity contribution in [2.45, 2.75) is 24.8 Å². The van der Waals surface area contributed by atoms with Crippen molar-refractivity contribution in [3.05, 3.63) is 0 Å². The van der Waals surface area contributed by atoms with Gasteiger partial charge in [-0.2, -0.15) is 10.2 Å². The predicted molar refractivity (Wildman–Crippen MR) is 41.8 cm³/mol. The van der Waals surface area contributed by atoms with Crippen molar-refractivity contribution in [1.29, 1.82) is 0 Å². The predicted octanol–water partition coefficient (Wildman–Crippen LogP) is 1.16. The standard InChI is InChI=1S/C8H12N2O2/c1-12-7(11)8-4-2-3-6(8)5-9-10-8/h6H,2-5H2,1H3/t6-,8+/m1/s1. The third-order valence-corrected chi connectivity index (χ3v) is 2.88. The largest absolute Gasteiger partial charge is 0.467 e. The van der Waals surface area contributed by atoms with Crippen LogP contribution in [0.5, 0.6) is 0 Å². The Morgan fingerprint density at radius 1 is 1.67 bits per heavy atom. The van der Waals surface area contributed by atoms with Crippen LogP contribution in [0.4, 0.5) is 0 Å². The van der Waals surface area contributed by atoms with Gasteiger partial charge in [0.1, 0.15) is 0 Å². The molecule has 0 spiro atoms. The van der Waals surface area contributed by atoms with E-state index in [1.165, 1.54) is 7.11 Å². The van der Waals surface area contributed by atoms with E-state index in [0.717, 1.165) is 19.3 Å². The van der Waals surface area contributed by atoms with E-state index in [4.69, 9.17) is 4.74 Å². The van der Waals surface area contributed by atoms with Gasteiger partial charge in [0.15, 0.2) is 5.54 Å². The summed E-state index contributed by atoms with van der Waals surface area (Å²) >= 11 is 0. The van der Waals surface area contributed by atoms with Crippen LogP contribution in [0.15, 0.2) is 10.2 Å². The van der Waals surface area contributed by atoms with Gasteiger partial charge in [-0.1, -0.05) is 0 Å². The van der Waals surface area contributed by atoms with Gasteiger partial charge in [-0.15, -0.1) is 0 Å². The minimum Gasteiger partial charge on any atom is -0.467 e. The summed E-state index contributed by atoms with van der Waals surface area (Å²) < 4.78 is 4.75. The summed E-state index contributed by atoms with van der Waals surface area (Å²) in [7, 11) is 1.42. The van der Waals surface area contributed by atoms with Crippen LogP contribution in [0, 0.1) is 5.92 Å². The molecule has 1 saturated carbocycles. The molecule has 0 bridgehead atoms. The number of fused-ring (bicyclic) bond motifs is 1. The third kappa shape index (κ3) is 0.806. The molecule has 2 rings (SSSR count). The molecule has 0 saturated heterocycles. The summed E-state index contributed by atoms with van der Waals surface area (Å²) in [6, 6.07) is 0. The fourth-order valence-corrected chi connectivity index (χ4v) is 2.19. The number of azo groups is 1. The highest BCUT2D eigenvalue weighted by atomic mass is 16.5. The number of nitrogens with zero attached hydrogens (tertiary/aromatic N) is 2. The number of carbonyl (C=O) groups is 1. The van der Waals surface area contributed by atoms with Gasteiger partial charge in [-0.05, 0) is 19.3 Å². The minimum atomic E-state index is -0.589. The van der Waals surface area contributed by atoms with E-state index in [9.17, 15) is 4.79 Å². The first-order valence-corrected chi connectivity index (χ1v) is 4.27. The van der Waals surface area contributed by atoms with E-state index in [2.05, 4.69) is 10.2 Å². The van der Waals surface area contributed by atoms with Gasteiger partial charge in [0.05, 0.1) is 13.7 Å². The normalized spacial score (nSPS) is 38.2. The first kappa shape index (κ1) is 7.71. The fourth-order valence-electron chi connectivity index (χ4n) is 2.19. The Morgan fingerprint density at radius 3 is 3.25 bits per heavy atom. The zero-order valence-electron chi connectivity index (χ0n) is 7.12. The van der Waals surface area contributed by atoms with Crippen LogP contribution in [0.25, 0.3) is 0 Å². The first-order chi connectivity index (χ1) is 5.79. The fraction of sp³-hybridized carbons (Fsp3) is 0.875. The number of rotatable bonds is 1. The number of hydrogen-bond acceptors (Lipinski definition) is 4. The van der Waals surface area contributed by atoms with Gasteiger partial charge in [0, 0.05) is 5.92 Å². The summed E-state index contributed by atoms with van der Waals surface area (Å²) in [6.07, 6.45) is 2.94. The summed E-state index contributed by atoms with van der Waals surface area (Å²) in [5, 5.41) is 7.98. The van der Waals surface area contributed by atoms with Gasteiger partial charge in [0.25, 0.3) is 0 Å². The lowest BCUT2D eigenvalue weighted by atomic mass is 9.89. The van der Waals surface area contributed by atoms with Crippen molar-refractivity contribution in [1.82, 2.24) is 0 Å². The lowest BCUT2D eigenvalue weighted by Gasteiger charge is -2.20. The summed E-state index contributed by atoms with van der Waals surface area (Å²) in [5.41, 5.74) is -0.589. The van der Waals surface area contributed by atoms with Crippen LogP contribution in [0.2, 0.25) is 0 Å². The molecule has 2 atom stereocenters. The number of esters is 1. The SMILES string of the molecule is COC(=O)[C@]12CCC[C@@H]1CN=N2. The van der Waals surface area contributed by atoms with Crippen molar-refractivity contribution in [3.63, 3.8) is 0 Å². The summed E-state index contributed by atoms with van der Waals surface area (Å²) in [6.45, 7) is 0.703. The molecule has 12 heavy (non-hydrogen) atoms. The molecule has 0 N–H and O–H groups in total. The Bertz CT molecular complexity index is 239. The molecule has 0 unspecified atom stereocenters. The Balaban J connectivity index is 2.27. The van der Waals surface area contributed by atoms with Crippen molar-refractivity contribution in [2.75, 3.05) is 13.7 Å². The monoisotopic (exact) mass is 168 g/mol. The van der Waals surface area contributed by atoms with Crippen molar-refractivity contribution >= 4 is 5.97 Å². The van der Waals surface area contributed by atoms with Crippen LogP contribution in [0.1, 0.15) is 19.3 Å². The van der Waals surface area contributed by atoms with Gasteiger partial charge >= 0.3 is 5.97 Å². The molecule has 1 aliphatic heterocycles. The molecule has 1 aliphatic carbocycles. The molecule has 4 nitrogen and oxygen atoms in total.